The summed E-state index contributed by atoms with van der Waals surface area (Å²) in [7, 11) is 0. The molecule has 16 heavy (non-hydrogen) atoms. The van der Waals surface area contributed by atoms with E-state index in [9.17, 15) is 20.4 Å². The predicted octanol–water partition coefficient (Wildman–Crippen LogP) is 0.0336. The van der Waals surface area contributed by atoms with Crippen molar-refractivity contribution < 1.29 is 20.4 Å². The highest BCUT2D eigenvalue weighted by atomic mass is 16.4. The van der Waals surface area contributed by atoms with E-state index in [0.29, 0.717) is 0 Å². The third-order valence-corrected chi connectivity index (χ3v) is 2.93. The molecule has 4 nitrogen and oxygen atoms in total. The molecule has 0 unspecified atom stereocenters. The lowest BCUT2D eigenvalue weighted by Crippen LogP contribution is -2.49. The van der Waals surface area contributed by atoms with E-state index in [1.807, 2.05) is 0 Å². The number of hydrogen-bond acceptors (Lipinski definition) is 4. The molecule has 4 heteroatoms. The Morgan fingerprint density at radius 3 is 0.875 bits per heavy atom. The van der Waals surface area contributed by atoms with E-state index in [1.165, 1.54) is 41.5 Å². The van der Waals surface area contributed by atoms with Crippen LogP contribution in [-0.4, -0.2) is 42.8 Å². The van der Waals surface area contributed by atoms with Crippen LogP contribution in [0.25, 0.3) is 0 Å². The van der Waals surface area contributed by atoms with Crippen LogP contribution in [0.2, 0.25) is 0 Å². The first-order valence-electron chi connectivity index (χ1n) is 5.14. The van der Waals surface area contributed by atoms with Gasteiger partial charge in [0.1, 0.15) is 0 Å². The van der Waals surface area contributed by atoms with Crippen LogP contribution in [0.5, 0.6) is 0 Å². The van der Waals surface area contributed by atoms with Gasteiger partial charge in [0.25, 0.3) is 0 Å². The fraction of sp³-hybridized carbons (Fsp3) is 0.833. The zero-order valence-corrected chi connectivity index (χ0v) is 10.8. The van der Waals surface area contributed by atoms with Crippen molar-refractivity contribution in [2.24, 2.45) is 0 Å². The Bertz CT molecular complexity index is 275. The summed E-state index contributed by atoms with van der Waals surface area (Å²) >= 11 is 0. The molecule has 0 bridgehead atoms. The monoisotopic (exact) mass is 230 g/mol. The highest BCUT2D eigenvalue weighted by Crippen LogP contribution is 2.23. The molecule has 0 aromatic heterocycles. The van der Waals surface area contributed by atoms with Gasteiger partial charge in [-0.3, -0.25) is 0 Å². The first kappa shape index (κ1) is 15.4. The van der Waals surface area contributed by atoms with Crippen LogP contribution in [-0.2, 0) is 0 Å². The summed E-state index contributed by atoms with van der Waals surface area (Å²) in [5, 5.41) is 39.0. The minimum absolute atomic E-state index is 1.35. The van der Waals surface area contributed by atoms with Gasteiger partial charge in [0.05, 0.1) is 11.2 Å². The molecule has 0 saturated carbocycles. The minimum atomic E-state index is -1.66. The SMILES string of the molecule is CC(C)(O)[C@@](C)(O)C#C[C@](C)(O)C(C)(C)O. The Morgan fingerprint density at radius 2 is 0.750 bits per heavy atom. The van der Waals surface area contributed by atoms with Crippen LogP contribution in [0.15, 0.2) is 0 Å². The van der Waals surface area contributed by atoms with Gasteiger partial charge in [-0.15, -0.1) is 0 Å². The predicted molar refractivity (Wildman–Crippen MR) is 61.6 cm³/mol. The zero-order chi connectivity index (χ0) is 13.4. The van der Waals surface area contributed by atoms with Crippen LogP contribution < -0.4 is 0 Å². The lowest BCUT2D eigenvalue weighted by Gasteiger charge is -2.33. The fourth-order valence-corrected chi connectivity index (χ4v) is 0.549. The first-order valence-corrected chi connectivity index (χ1v) is 5.14. The molecular formula is C12H22O4. The summed E-state index contributed by atoms with van der Waals surface area (Å²) in [6, 6.07) is 0. The Balaban J connectivity index is 5.17. The fourth-order valence-electron chi connectivity index (χ4n) is 0.549. The van der Waals surface area contributed by atoms with Gasteiger partial charge >= 0.3 is 0 Å². The molecule has 2 atom stereocenters. The Labute approximate surface area is 96.9 Å². The Kier molecular flexibility index (Phi) is 3.86. The summed E-state index contributed by atoms with van der Waals surface area (Å²) in [6.45, 7) is 8.36. The number of rotatable bonds is 2. The van der Waals surface area contributed by atoms with E-state index in [2.05, 4.69) is 11.8 Å². The van der Waals surface area contributed by atoms with E-state index in [4.69, 9.17) is 0 Å². The standard InChI is InChI=1S/C12H22O4/c1-9(2,13)11(5,15)7-8-12(6,16)10(3,4)14/h13-16H,1-6H3/t11-,12-/m0/s1. The van der Waals surface area contributed by atoms with E-state index >= 15 is 0 Å². The van der Waals surface area contributed by atoms with E-state index < -0.39 is 22.4 Å². The normalized spacial score (nSPS) is 20.4. The smallest absolute Gasteiger partial charge is 0.150 e. The first-order chi connectivity index (χ1) is 6.71. The second-order valence-electron chi connectivity index (χ2n) is 5.51. The van der Waals surface area contributed by atoms with Gasteiger partial charge in [-0.05, 0) is 41.5 Å². The molecule has 0 heterocycles. The second kappa shape index (κ2) is 4.01. The molecule has 0 fully saturated rings. The molecule has 0 aromatic carbocycles. The highest BCUT2D eigenvalue weighted by Gasteiger charge is 2.39. The van der Waals surface area contributed by atoms with Gasteiger partial charge in [-0.1, -0.05) is 11.8 Å². The maximum atomic E-state index is 9.86. The highest BCUT2D eigenvalue weighted by molar-refractivity contribution is 5.25. The van der Waals surface area contributed by atoms with Gasteiger partial charge < -0.3 is 20.4 Å². The van der Waals surface area contributed by atoms with Crippen molar-refractivity contribution in [2.45, 2.75) is 63.9 Å². The third-order valence-electron chi connectivity index (χ3n) is 2.93. The topological polar surface area (TPSA) is 80.9 Å². The Morgan fingerprint density at radius 1 is 0.562 bits per heavy atom. The molecule has 94 valence electrons. The molecule has 0 aliphatic rings. The molecule has 0 radical (unpaired) electrons. The number of aliphatic hydroxyl groups is 4. The van der Waals surface area contributed by atoms with Crippen molar-refractivity contribution >= 4 is 0 Å². The maximum Gasteiger partial charge on any atom is 0.150 e. The van der Waals surface area contributed by atoms with E-state index in [0.717, 1.165) is 0 Å². The molecule has 0 spiro atoms. The Hall–Kier alpha value is -0.600. The van der Waals surface area contributed by atoms with Crippen molar-refractivity contribution in [2.75, 3.05) is 0 Å². The lowest BCUT2D eigenvalue weighted by atomic mass is 9.84. The summed E-state index contributed by atoms with van der Waals surface area (Å²) in [5.74, 6) is 4.78. The summed E-state index contributed by atoms with van der Waals surface area (Å²) in [4.78, 5) is 0. The molecule has 0 amide bonds. The molecule has 0 aliphatic carbocycles. The van der Waals surface area contributed by atoms with Crippen LogP contribution in [0, 0.1) is 11.8 Å². The second-order valence-corrected chi connectivity index (χ2v) is 5.51. The van der Waals surface area contributed by atoms with Crippen LogP contribution in [0.4, 0.5) is 0 Å². The summed E-state index contributed by atoms with van der Waals surface area (Å²) < 4.78 is 0. The van der Waals surface area contributed by atoms with Gasteiger partial charge in [0.15, 0.2) is 11.2 Å². The quantitative estimate of drug-likeness (QED) is 0.505. The molecule has 0 aliphatic heterocycles. The van der Waals surface area contributed by atoms with Crippen LogP contribution in [0.1, 0.15) is 41.5 Å². The maximum absolute atomic E-state index is 9.86. The van der Waals surface area contributed by atoms with Gasteiger partial charge in [-0.2, -0.15) is 0 Å². The van der Waals surface area contributed by atoms with Crippen molar-refractivity contribution in [3.05, 3.63) is 0 Å². The lowest BCUT2D eigenvalue weighted by molar-refractivity contribution is -0.0891. The number of hydrogen-bond donors (Lipinski definition) is 4. The van der Waals surface area contributed by atoms with Crippen molar-refractivity contribution in [3.63, 3.8) is 0 Å². The van der Waals surface area contributed by atoms with Crippen LogP contribution in [0.3, 0.4) is 0 Å². The molecular weight excluding hydrogens is 208 g/mol. The minimum Gasteiger partial charge on any atom is -0.386 e. The van der Waals surface area contributed by atoms with Crippen LogP contribution >= 0.6 is 0 Å². The molecule has 0 rings (SSSR count). The van der Waals surface area contributed by atoms with Crippen molar-refractivity contribution in [3.8, 4) is 11.8 Å². The molecule has 4 N–H and O–H groups in total. The van der Waals surface area contributed by atoms with Gasteiger partial charge in [-0.25, -0.2) is 0 Å². The largest absolute Gasteiger partial charge is 0.386 e. The van der Waals surface area contributed by atoms with Gasteiger partial charge in [0.2, 0.25) is 0 Å². The molecule has 0 aromatic rings. The summed E-state index contributed by atoms with van der Waals surface area (Å²) in [5.41, 5.74) is -6.17. The molecule has 0 saturated heterocycles. The zero-order valence-electron chi connectivity index (χ0n) is 10.8. The van der Waals surface area contributed by atoms with Crippen molar-refractivity contribution in [1.82, 2.24) is 0 Å². The average Bonchev–Trinajstić information content (AvgIpc) is 1.97. The third kappa shape index (κ3) is 3.46. The average molecular weight is 230 g/mol. The van der Waals surface area contributed by atoms with E-state index in [1.54, 1.807) is 0 Å². The summed E-state index contributed by atoms with van der Waals surface area (Å²) in [6.07, 6.45) is 0. The van der Waals surface area contributed by atoms with Crippen molar-refractivity contribution in [1.29, 1.82) is 0 Å². The van der Waals surface area contributed by atoms with E-state index in [-0.39, 0.29) is 0 Å². The van der Waals surface area contributed by atoms with Gasteiger partial charge in [0, 0.05) is 0 Å².